The van der Waals surface area contributed by atoms with Crippen LogP contribution in [0.4, 0.5) is 0 Å². The van der Waals surface area contributed by atoms with Crippen LogP contribution >= 0.6 is 0 Å². The number of carbonyl (C=O) groups excluding carboxylic acids is 1. The van der Waals surface area contributed by atoms with Crippen LogP contribution in [0.15, 0.2) is 6.33 Å². The number of amides is 1. The van der Waals surface area contributed by atoms with Gasteiger partial charge in [0.2, 0.25) is 5.91 Å². The maximum atomic E-state index is 12.9. The fourth-order valence-corrected chi connectivity index (χ4v) is 5.20. The summed E-state index contributed by atoms with van der Waals surface area (Å²) in [5, 5.41) is 8.71. The van der Waals surface area contributed by atoms with Crippen molar-refractivity contribution in [2.24, 2.45) is 11.3 Å². The molecule has 1 aromatic heterocycles. The zero-order valence-electron chi connectivity index (χ0n) is 13.8. The van der Waals surface area contributed by atoms with Gasteiger partial charge in [-0.3, -0.25) is 4.79 Å². The van der Waals surface area contributed by atoms with Gasteiger partial charge in [-0.1, -0.05) is 19.3 Å². The van der Waals surface area contributed by atoms with Crippen molar-refractivity contribution in [3.05, 3.63) is 12.2 Å². The summed E-state index contributed by atoms with van der Waals surface area (Å²) in [6.07, 6.45) is 12.9. The minimum atomic E-state index is 0.298. The quantitative estimate of drug-likeness (QED) is 0.862. The average Bonchev–Trinajstić information content (AvgIpc) is 3.01. The molecule has 0 aromatic carbocycles. The molecule has 3 saturated carbocycles. The highest BCUT2D eigenvalue weighted by molar-refractivity contribution is 5.79. The second-order valence-corrected chi connectivity index (χ2v) is 8.30. The van der Waals surface area contributed by atoms with Crippen LogP contribution in [0.2, 0.25) is 0 Å². The predicted octanol–water partition coefficient (Wildman–Crippen LogP) is 2.90. The van der Waals surface area contributed by atoms with Crippen LogP contribution in [-0.4, -0.2) is 38.7 Å². The molecule has 5 nitrogen and oxygen atoms in total. The Bertz CT molecular complexity index is 610. The zero-order chi connectivity index (χ0) is 15.4. The van der Waals surface area contributed by atoms with E-state index in [1.165, 1.54) is 44.9 Å². The molecule has 1 spiro atoms. The van der Waals surface area contributed by atoms with E-state index < -0.39 is 0 Å². The summed E-state index contributed by atoms with van der Waals surface area (Å²) >= 11 is 0. The second kappa shape index (κ2) is 5.05. The van der Waals surface area contributed by atoms with Crippen LogP contribution in [0, 0.1) is 11.3 Å². The Labute approximate surface area is 137 Å². The van der Waals surface area contributed by atoms with E-state index in [9.17, 15) is 4.79 Å². The fraction of sp³-hybridized carbons (Fsp3) is 0.833. The molecule has 1 amide bonds. The van der Waals surface area contributed by atoms with Crippen molar-refractivity contribution in [2.45, 2.75) is 69.7 Å². The molecule has 0 bridgehead atoms. The lowest BCUT2D eigenvalue weighted by molar-refractivity contribution is -0.135. The molecule has 1 saturated heterocycles. The third kappa shape index (κ3) is 2.15. The Kier molecular flexibility index (Phi) is 3.07. The molecule has 4 aliphatic rings. The maximum Gasteiger partial charge on any atom is 0.225 e. The molecule has 0 radical (unpaired) electrons. The van der Waals surface area contributed by atoms with Crippen molar-refractivity contribution in [2.75, 3.05) is 13.1 Å². The van der Waals surface area contributed by atoms with Gasteiger partial charge in [0.15, 0.2) is 0 Å². The van der Waals surface area contributed by atoms with Gasteiger partial charge < -0.3 is 9.47 Å². The van der Waals surface area contributed by atoms with E-state index in [0.29, 0.717) is 29.2 Å². The standard InChI is InChI=1S/C18H26N4O/c23-17(13-4-1-2-5-13)21-10-15(18(11-21)8-3-9-18)16-20-19-12-22(16)14-6-7-14/h12-15H,1-11H2. The molecule has 1 unspecified atom stereocenters. The van der Waals surface area contributed by atoms with Crippen LogP contribution in [0.25, 0.3) is 0 Å². The zero-order valence-corrected chi connectivity index (χ0v) is 13.8. The van der Waals surface area contributed by atoms with E-state index in [0.717, 1.165) is 31.8 Å². The molecule has 1 atom stereocenters. The molecule has 0 N–H and O–H groups in total. The number of carbonyl (C=O) groups is 1. The Morgan fingerprint density at radius 2 is 1.91 bits per heavy atom. The first-order chi connectivity index (χ1) is 11.3. The topological polar surface area (TPSA) is 51.0 Å². The van der Waals surface area contributed by atoms with Crippen molar-refractivity contribution in [3.63, 3.8) is 0 Å². The normalized spacial score (nSPS) is 30.1. The van der Waals surface area contributed by atoms with E-state index in [1.807, 2.05) is 6.33 Å². The lowest BCUT2D eigenvalue weighted by atomic mass is 9.62. The van der Waals surface area contributed by atoms with Crippen molar-refractivity contribution < 1.29 is 4.79 Å². The lowest BCUT2D eigenvalue weighted by Crippen LogP contribution is -2.39. The molecule has 5 heteroatoms. The number of nitrogens with zero attached hydrogens (tertiary/aromatic N) is 4. The van der Waals surface area contributed by atoms with Crippen LogP contribution in [0.3, 0.4) is 0 Å². The third-order valence-electron chi connectivity index (χ3n) is 6.87. The third-order valence-corrected chi connectivity index (χ3v) is 6.87. The van der Waals surface area contributed by atoms with E-state index in [2.05, 4.69) is 19.7 Å². The Morgan fingerprint density at radius 3 is 2.57 bits per heavy atom. The van der Waals surface area contributed by atoms with E-state index in [1.54, 1.807) is 0 Å². The molecule has 23 heavy (non-hydrogen) atoms. The second-order valence-electron chi connectivity index (χ2n) is 8.30. The molecule has 124 valence electrons. The SMILES string of the molecule is O=C(C1CCCC1)N1CC(c2nncn2C2CC2)C2(CCC2)C1. The van der Waals surface area contributed by atoms with Gasteiger partial charge in [-0.15, -0.1) is 10.2 Å². The summed E-state index contributed by atoms with van der Waals surface area (Å²) in [7, 11) is 0. The maximum absolute atomic E-state index is 12.9. The summed E-state index contributed by atoms with van der Waals surface area (Å²) in [4.78, 5) is 15.1. The molecule has 1 aromatic rings. The number of hydrogen-bond acceptors (Lipinski definition) is 3. The Morgan fingerprint density at radius 1 is 1.13 bits per heavy atom. The Hall–Kier alpha value is -1.39. The molecule has 5 rings (SSSR count). The molecular formula is C18H26N4O. The van der Waals surface area contributed by atoms with Crippen molar-refractivity contribution in [3.8, 4) is 0 Å². The van der Waals surface area contributed by atoms with Crippen molar-refractivity contribution in [1.29, 1.82) is 0 Å². The van der Waals surface area contributed by atoms with E-state index in [-0.39, 0.29) is 0 Å². The lowest BCUT2D eigenvalue weighted by Gasteiger charge is -2.42. The highest BCUT2D eigenvalue weighted by Crippen LogP contribution is 2.56. The largest absolute Gasteiger partial charge is 0.341 e. The van der Waals surface area contributed by atoms with Gasteiger partial charge in [0.05, 0.1) is 0 Å². The van der Waals surface area contributed by atoms with E-state index in [4.69, 9.17) is 0 Å². The van der Waals surface area contributed by atoms with Crippen LogP contribution in [-0.2, 0) is 4.79 Å². The monoisotopic (exact) mass is 314 g/mol. The van der Waals surface area contributed by atoms with Gasteiger partial charge in [0.25, 0.3) is 0 Å². The minimum Gasteiger partial charge on any atom is -0.341 e. The van der Waals surface area contributed by atoms with Gasteiger partial charge >= 0.3 is 0 Å². The van der Waals surface area contributed by atoms with Gasteiger partial charge in [0, 0.05) is 31.0 Å². The van der Waals surface area contributed by atoms with Crippen LogP contribution in [0.5, 0.6) is 0 Å². The predicted molar refractivity (Wildman–Crippen MR) is 85.9 cm³/mol. The summed E-state index contributed by atoms with van der Waals surface area (Å²) in [6, 6.07) is 0.622. The first kappa shape index (κ1) is 14.0. The van der Waals surface area contributed by atoms with Gasteiger partial charge in [0.1, 0.15) is 12.2 Å². The number of hydrogen-bond donors (Lipinski definition) is 0. The molecule has 4 fully saturated rings. The summed E-state index contributed by atoms with van der Waals surface area (Å²) in [5.41, 5.74) is 0.300. The van der Waals surface area contributed by atoms with Gasteiger partial charge in [-0.25, -0.2) is 0 Å². The molecule has 3 aliphatic carbocycles. The summed E-state index contributed by atoms with van der Waals surface area (Å²) < 4.78 is 2.31. The van der Waals surface area contributed by atoms with Gasteiger partial charge in [-0.2, -0.15) is 0 Å². The molecule has 2 heterocycles. The fourth-order valence-electron chi connectivity index (χ4n) is 5.20. The number of rotatable bonds is 3. The number of likely N-dealkylation sites (tertiary alicyclic amines) is 1. The van der Waals surface area contributed by atoms with Crippen molar-refractivity contribution in [1.82, 2.24) is 19.7 Å². The average molecular weight is 314 g/mol. The number of aromatic nitrogens is 3. The minimum absolute atomic E-state index is 0.298. The molecule has 1 aliphatic heterocycles. The van der Waals surface area contributed by atoms with Gasteiger partial charge in [-0.05, 0) is 43.9 Å². The van der Waals surface area contributed by atoms with Crippen LogP contribution in [0.1, 0.15) is 75.6 Å². The highest BCUT2D eigenvalue weighted by Gasteiger charge is 2.54. The Balaban J connectivity index is 1.41. The first-order valence-electron chi connectivity index (χ1n) is 9.45. The first-order valence-corrected chi connectivity index (χ1v) is 9.45. The summed E-state index contributed by atoms with van der Waals surface area (Å²) in [5.74, 6) is 2.29. The smallest absolute Gasteiger partial charge is 0.225 e. The summed E-state index contributed by atoms with van der Waals surface area (Å²) in [6.45, 7) is 1.84. The van der Waals surface area contributed by atoms with Crippen LogP contribution < -0.4 is 0 Å². The van der Waals surface area contributed by atoms with E-state index >= 15 is 0 Å². The van der Waals surface area contributed by atoms with Crippen molar-refractivity contribution >= 4 is 5.91 Å². The molecular weight excluding hydrogens is 288 g/mol. The highest BCUT2D eigenvalue weighted by atomic mass is 16.2.